The molecule has 4 nitrogen and oxygen atoms in total. The van der Waals surface area contributed by atoms with E-state index in [2.05, 4.69) is 11.4 Å². The van der Waals surface area contributed by atoms with Crippen LogP contribution in [0, 0.1) is 5.92 Å². The molecule has 1 aromatic rings. The molecule has 4 heteroatoms. The van der Waals surface area contributed by atoms with Crippen molar-refractivity contribution in [3.05, 3.63) is 29.8 Å². The number of aliphatic hydroxyl groups excluding tert-OH is 1. The molecule has 0 unspecified atom stereocenters. The number of likely N-dealkylation sites (tertiary alicyclic amines) is 1. The van der Waals surface area contributed by atoms with Gasteiger partial charge in [0.25, 0.3) is 0 Å². The highest BCUT2D eigenvalue weighted by atomic mass is 16.3. The number of nitrogens with zero attached hydrogens (tertiary/aromatic N) is 1. The average molecular weight is 260 g/mol. The number of anilines is 1. The van der Waals surface area contributed by atoms with E-state index in [1.807, 2.05) is 23.1 Å². The summed E-state index contributed by atoms with van der Waals surface area (Å²) >= 11 is 0. The van der Waals surface area contributed by atoms with Crippen LogP contribution in [-0.4, -0.2) is 41.7 Å². The van der Waals surface area contributed by atoms with Crippen LogP contribution in [0.25, 0.3) is 0 Å². The maximum Gasteiger partial charge on any atom is 0.245 e. The summed E-state index contributed by atoms with van der Waals surface area (Å²) in [5.41, 5.74) is 2.30. The Morgan fingerprint density at radius 1 is 1.42 bits per heavy atom. The predicted molar refractivity (Wildman–Crippen MR) is 73.9 cm³/mol. The van der Waals surface area contributed by atoms with Gasteiger partial charge in [0, 0.05) is 31.8 Å². The zero-order valence-electron chi connectivity index (χ0n) is 11.0. The van der Waals surface area contributed by atoms with E-state index in [-0.39, 0.29) is 24.5 Å². The number of fused-ring (bicyclic) bond motifs is 1. The van der Waals surface area contributed by atoms with Crippen LogP contribution in [0.3, 0.4) is 0 Å². The van der Waals surface area contributed by atoms with Crippen molar-refractivity contribution >= 4 is 11.6 Å². The van der Waals surface area contributed by atoms with Gasteiger partial charge >= 0.3 is 0 Å². The van der Waals surface area contributed by atoms with E-state index in [4.69, 9.17) is 0 Å². The molecule has 1 amide bonds. The SMILES string of the molecule is O=C([C@@H]1Cc2ccccc2N1)N1CCC[C@@H](CO)C1. The lowest BCUT2D eigenvalue weighted by Gasteiger charge is -2.33. The molecule has 1 saturated heterocycles. The number of piperidine rings is 1. The van der Waals surface area contributed by atoms with Crippen LogP contribution < -0.4 is 5.32 Å². The van der Waals surface area contributed by atoms with Crippen LogP contribution in [0.5, 0.6) is 0 Å². The van der Waals surface area contributed by atoms with Gasteiger partial charge in [-0.25, -0.2) is 0 Å². The molecule has 1 aromatic carbocycles. The Bertz CT molecular complexity index is 450. The highest BCUT2D eigenvalue weighted by molar-refractivity contribution is 5.87. The number of nitrogens with one attached hydrogen (secondary N) is 1. The summed E-state index contributed by atoms with van der Waals surface area (Å²) in [5.74, 6) is 0.427. The van der Waals surface area contributed by atoms with Crippen molar-refractivity contribution < 1.29 is 9.90 Å². The summed E-state index contributed by atoms with van der Waals surface area (Å²) in [6.45, 7) is 1.70. The molecular formula is C15H20N2O2. The molecule has 3 rings (SSSR count). The number of para-hydroxylation sites is 1. The van der Waals surface area contributed by atoms with Crippen molar-refractivity contribution in [2.75, 3.05) is 25.0 Å². The average Bonchev–Trinajstić information content (AvgIpc) is 2.90. The largest absolute Gasteiger partial charge is 0.396 e. The van der Waals surface area contributed by atoms with Crippen molar-refractivity contribution in [2.45, 2.75) is 25.3 Å². The summed E-state index contributed by atoms with van der Waals surface area (Å²) in [6, 6.07) is 7.96. The van der Waals surface area contributed by atoms with Gasteiger partial charge in [-0.05, 0) is 30.4 Å². The van der Waals surface area contributed by atoms with Gasteiger partial charge in [0.15, 0.2) is 0 Å². The van der Waals surface area contributed by atoms with Gasteiger partial charge in [0.2, 0.25) is 5.91 Å². The molecule has 0 aromatic heterocycles. The third-order valence-electron chi connectivity index (χ3n) is 4.16. The van der Waals surface area contributed by atoms with Gasteiger partial charge in [0.1, 0.15) is 6.04 Å². The smallest absolute Gasteiger partial charge is 0.245 e. The summed E-state index contributed by atoms with van der Waals surface area (Å²) in [6.07, 6.45) is 2.80. The molecule has 2 heterocycles. The minimum absolute atomic E-state index is 0.130. The molecular weight excluding hydrogens is 240 g/mol. The zero-order chi connectivity index (χ0) is 13.2. The van der Waals surface area contributed by atoms with Crippen LogP contribution in [-0.2, 0) is 11.2 Å². The Morgan fingerprint density at radius 2 is 2.26 bits per heavy atom. The van der Waals surface area contributed by atoms with Gasteiger partial charge in [-0.2, -0.15) is 0 Å². The van der Waals surface area contributed by atoms with E-state index < -0.39 is 0 Å². The summed E-state index contributed by atoms with van der Waals surface area (Å²) in [4.78, 5) is 14.4. The first-order valence-electron chi connectivity index (χ1n) is 7.02. The fourth-order valence-electron chi connectivity index (χ4n) is 3.08. The first kappa shape index (κ1) is 12.5. The molecule has 0 spiro atoms. The lowest BCUT2D eigenvalue weighted by atomic mass is 9.98. The van der Waals surface area contributed by atoms with Gasteiger partial charge in [0.05, 0.1) is 0 Å². The second-order valence-corrected chi connectivity index (χ2v) is 5.53. The Morgan fingerprint density at radius 3 is 3.05 bits per heavy atom. The van der Waals surface area contributed by atoms with E-state index in [1.165, 1.54) is 5.56 Å². The molecule has 0 radical (unpaired) electrons. The van der Waals surface area contributed by atoms with Gasteiger partial charge in [-0.3, -0.25) is 4.79 Å². The maximum absolute atomic E-state index is 12.5. The van der Waals surface area contributed by atoms with Crippen molar-refractivity contribution in [3.8, 4) is 0 Å². The van der Waals surface area contributed by atoms with E-state index in [9.17, 15) is 9.90 Å². The zero-order valence-corrected chi connectivity index (χ0v) is 11.0. The number of aliphatic hydroxyl groups is 1. The third kappa shape index (κ3) is 2.45. The van der Waals surface area contributed by atoms with Crippen LogP contribution in [0.15, 0.2) is 24.3 Å². The third-order valence-corrected chi connectivity index (χ3v) is 4.16. The molecule has 2 aliphatic heterocycles. The topological polar surface area (TPSA) is 52.6 Å². The van der Waals surface area contributed by atoms with Crippen molar-refractivity contribution in [1.29, 1.82) is 0 Å². The number of amides is 1. The van der Waals surface area contributed by atoms with Gasteiger partial charge in [-0.15, -0.1) is 0 Å². The second-order valence-electron chi connectivity index (χ2n) is 5.53. The second kappa shape index (κ2) is 5.21. The minimum atomic E-state index is -0.130. The Labute approximate surface area is 113 Å². The summed E-state index contributed by atoms with van der Waals surface area (Å²) < 4.78 is 0. The molecule has 2 N–H and O–H groups in total. The number of carbonyl (C=O) groups excluding carboxylic acids is 1. The Balaban J connectivity index is 1.66. The Hall–Kier alpha value is -1.55. The number of hydrogen-bond donors (Lipinski definition) is 2. The number of carbonyl (C=O) groups is 1. The van der Waals surface area contributed by atoms with Gasteiger partial charge < -0.3 is 15.3 Å². The number of hydrogen-bond acceptors (Lipinski definition) is 3. The monoisotopic (exact) mass is 260 g/mol. The number of rotatable bonds is 2. The highest BCUT2D eigenvalue weighted by Gasteiger charge is 2.32. The quantitative estimate of drug-likeness (QED) is 0.841. The van der Waals surface area contributed by atoms with Crippen LogP contribution >= 0.6 is 0 Å². The Kier molecular flexibility index (Phi) is 3.42. The van der Waals surface area contributed by atoms with Crippen molar-refractivity contribution in [3.63, 3.8) is 0 Å². The van der Waals surface area contributed by atoms with Gasteiger partial charge in [-0.1, -0.05) is 18.2 Å². The van der Waals surface area contributed by atoms with E-state index in [0.29, 0.717) is 6.54 Å². The van der Waals surface area contributed by atoms with E-state index in [0.717, 1.165) is 31.5 Å². The van der Waals surface area contributed by atoms with Crippen LogP contribution in [0.1, 0.15) is 18.4 Å². The fourth-order valence-corrected chi connectivity index (χ4v) is 3.08. The number of benzene rings is 1. The van der Waals surface area contributed by atoms with Crippen molar-refractivity contribution in [1.82, 2.24) is 4.90 Å². The standard InChI is InChI=1S/C15H20N2O2/c18-10-11-4-3-7-17(9-11)15(19)14-8-12-5-1-2-6-13(12)16-14/h1-2,5-6,11,14,16,18H,3-4,7-10H2/t11-,14+/m1/s1. The fraction of sp³-hybridized carbons (Fsp3) is 0.533. The molecule has 102 valence electrons. The molecule has 0 saturated carbocycles. The van der Waals surface area contributed by atoms with Crippen molar-refractivity contribution in [2.24, 2.45) is 5.92 Å². The molecule has 1 fully saturated rings. The molecule has 2 aliphatic rings. The van der Waals surface area contributed by atoms with E-state index in [1.54, 1.807) is 0 Å². The first-order valence-corrected chi connectivity index (χ1v) is 7.02. The predicted octanol–water partition coefficient (Wildman–Crippen LogP) is 1.25. The normalized spacial score (nSPS) is 25.8. The summed E-state index contributed by atoms with van der Waals surface area (Å²) in [5, 5.41) is 12.6. The molecule has 19 heavy (non-hydrogen) atoms. The molecule has 0 bridgehead atoms. The molecule has 0 aliphatic carbocycles. The van der Waals surface area contributed by atoms with E-state index >= 15 is 0 Å². The highest BCUT2D eigenvalue weighted by Crippen LogP contribution is 2.27. The lowest BCUT2D eigenvalue weighted by Crippen LogP contribution is -2.47. The maximum atomic E-state index is 12.5. The first-order chi connectivity index (χ1) is 9.28. The molecule has 2 atom stereocenters. The minimum Gasteiger partial charge on any atom is -0.396 e. The summed E-state index contributed by atoms with van der Waals surface area (Å²) in [7, 11) is 0. The van der Waals surface area contributed by atoms with Crippen LogP contribution in [0.2, 0.25) is 0 Å². The lowest BCUT2D eigenvalue weighted by molar-refractivity contribution is -0.134. The van der Waals surface area contributed by atoms with Crippen LogP contribution in [0.4, 0.5) is 5.69 Å².